The second kappa shape index (κ2) is 7.03. The molecule has 0 heterocycles. The van der Waals surface area contributed by atoms with E-state index in [1.807, 2.05) is 10.8 Å². The number of hydrogen-bond acceptors (Lipinski definition) is 4. The zero-order valence-electron chi connectivity index (χ0n) is 12.0. The molecule has 0 bridgehead atoms. The van der Waals surface area contributed by atoms with E-state index in [4.69, 9.17) is 5.26 Å². The lowest BCUT2D eigenvalue weighted by Crippen LogP contribution is -2.32. The van der Waals surface area contributed by atoms with E-state index in [1.165, 1.54) is 0 Å². The van der Waals surface area contributed by atoms with Gasteiger partial charge in [0.15, 0.2) is 0 Å². The lowest BCUT2D eigenvalue weighted by atomic mass is 10.0. The van der Waals surface area contributed by atoms with E-state index in [0.29, 0.717) is 11.1 Å². The van der Waals surface area contributed by atoms with Gasteiger partial charge in [-0.1, -0.05) is 24.3 Å². The Morgan fingerprint density at radius 2 is 1.70 bits per heavy atom. The first-order valence-electron chi connectivity index (χ1n) is 6.67. The highest BCUT2D eigenvalue weighted by Crippen LogP contribution is 2.12. The largest absolute Gasteiger partial charge is 0.274 e. The molecule has 0 aliphatic rings. The van der Waals surface area contributed by atoms with Crippen LogP contribution < -0.4 is 4.72 Å². The zero-order chi connectivity index (χ0) is 16.9. The SMILES string of the molecule is N#CCc1ccccc1CC(=O)NS(=O)(=O)c1ccc(F)cc1. The highest BCUT2D eigenvalue weighted by molar-refractivity contribution is 7.90. The van der Waals surface area contributed by atoms with Gasteiger partial charge in [-0.3, -0.25) is 4.79 Å². The third kappa shape index (κ3) is 4.37. The second-order valence-electron chi connectivity index (χ2n) is 4.76. The molecule has 0 aromatic heterocycles. The number of nitriles is 1. The van der Waals surface area contributed by atoms with Gasteiger partial charge in [-0.15, -0.1) is 0 Å². The van der Waals surface area contributed by atoms with Crippen molar-refractivity contribution in [2.75, 3.05) is 0 Å². The molecule has 0 saturated heterocycles. The number of nitrogens with one attached hydrogen (secondary N) is 1. The molecule has 0 saturated carbocycles. The summed E-state index contributed by atoms with van der Waals surface area (Å²) in [5, 5.41) is 8.76. The molecule has 2 aromatic carbocycles. The third-order valence-electron chi connectivity index (χ3n) is 3.11. The first-order valence-corrected chi connectivity index (χ1v) is 8.15. The van der Waals surface area contributed by atoms with Crippen LogP contribution in [0.2, 0.25) is 0 Å². The average molecular weight is 332 g/mol. The number of amides is 1. The Kier molecular flexibility index (Phi) is 5.09. The van der Waals surface area contributed by atoms with E-state index >= 15 is 0 Å². The Labute approximate surface area is 133 Å². The van der Waals surface area contributed by atoms with Crippen molar-refractivity contribution in [2.45, 2.75) is 17.7 Å². The quantitative estimate of drug-likeness (QED) is 0.906. The molecule has 23 heavy (non-hydrogen) atoms. The molecule has 0 atom stereocenters. The number of hydrogen-bond donors (Lipinski definition) is 1. The molecule has 0 aliphatic carbocycles. The van der Waals surface area contributed by atoms with E-state index in [2.05, 4.69) is 0 Å². The van der Waals surface area contributed by atoms with Crippen LogP contribution in [0.3, 0.4) is 0 Å². The van der Waals surface area contributed by atoms with Gasteiger partial charge in [0.05, 0.1) is 23.8 Å². The number of sulfonamides is 1. The fourth-order valence-electron chi connectivity index (χ4n) is 2.02. The van der Waals surface area contributed by atoms with Crippen molar-refractivity contribution in [3.05, 3.63) is 65.5 Å². The molecular formula is C16H13FN2O3S. The topological polar surface area (TPSA) is 87.0 Å². The maximum absolute atomic E-state index is 12.8. The van der Waals surface area contributed by atoms with Gasteiger partial charge in [-0.2, -0.15) is 5.26 Å². The fourth-order valence-corrected chi connectivity index (χ4v) is 3.00. The summed E-state index contributed by atoms with van der Waals surface area (Å²) in [5.41, 5.74) is 1.25. The van der Waals surface area contributed by atoms with E-state index in [1.54, 1.807) is 24.3 Å². The molecule has 5 nitrogen and oxygen atoms in total. The van der Waals surface area contributed by atoms with Crippen molar-refractivity contribution < 1.29 is 17.6 Å². The zero-order valence-corrected chi connectivity index (χ0v) is 12.8. The molecule has 0 radical (unpaired) electrons. The highest BCUT2D eigenvalue weighted by Gasteiger charge is 2.18. The van der Waals surface area contributed by atoms with Crippen LogP contribution in [0, 0.1) is 17.1 Å². The van der Waals surface area contributed by atoms with Crippen LogP contribution in [0.25, 0.3) is 0 Å². The van der Waals surface area contributed by atoms with Crippen molar-refractivity contribution in [1.82, 2.24) is 4.72 Å². The monoisotopic (exact) mass is 332 g/mol. The lowest BCUT2D eigenvalue weighted by molar-refractivity contribution is -0.118. The molecule has 0 fully saturated rings. The smallest absolute Gasteiger partial charge is 0.264 e. The maximum Gasteiger partial charge on any atom is 0.264 e. The molecule has 1 N–H and O–H groups in total. The molecule has 7 heteroatoms. The Morgan fingerprint density at radius 1 is 1.09 bits per heavy atom. The van der Waals surface area contributed by atoms with Gasteiger partial charge >= 0.3 is 0 Å². The normalized spacial score (nSPS) is 10.8. The Bertz CT molecular complexity index is 856. The molecule has 2 rings (SSSR count). The van der Waals surface area contributed by atoms with Gasteiger partial charge in [0, 0.05) is 0 Å². The van der Waals surface area contributed by atoms with Crippen molar-refractivity contribution in [2.24, 2.45) is 0 Å². The molecule has 0 aliphatic heterocycles. The molecule has 2 aromatic rings. The third-order valence-corrected chi connectivity index (χ3v) is 4.50. The van der Waals surface area contributed by atoms with Gasteiger partial charge in [0.1, 0.15) is 5.82 Å². The molecule has 1 amide bonds. The molecule has 0 unspecified atom stereocenters. The van der Waals surface area contributed by atoms with Crippen LogP contribution in [-0.4, -0.2) is 14.3 Å². The first-order chi connectivity index (χ1) is 10.9. The van der Waals surface area contributed by atoms with Crippen molar-refractivity contribution in [3.63, 3.8) is 0 Å². The van der Waals surface area contributed by atoms with Gasteiger partial charge in [-0.05, 0) is 35.4 Å². The predicted octanol–water partition coefficient (Wildman–Crippen LogP) is 1.94. The Hall–Kier alpha value is -2.72. The summed E-state index contributed by atoms with van der Waals surface area (Å²) in [7, 11) is -4.05. The molecular weight excluding hydrogens is 319 g/mol. The van der Waals surface area contributed by atoms with Gasteiger partial charge in [0.2, 0.25) is 5.91 Å². The minimum absolute atomic E-state index is 0.133. The summed E-state index contributed by atoms with van der Waals surface area (Å²) in [4.78, 5) is 11.8. The van der Waals surface area contributed by atoms with Crippen molar-refractivity contribution in [1.29, 1.82) is 5.26 Å². The van der Waals surface area contributed by atoms with E-state index in [0.717, 1.165) is 24.3 Å². The molecule has 118 valence electrons. The second-order valence-corrected chi connectivity index (χ2v) is 6.45. The van der Waals surface area contributed by atoms with Crippen LogP contribution in [-0.2, 0) is 27.7 Å². The number of nitrogens with zero attached hydrogens (tertiary/aromatic N) is 1. The maximum atomic E-state index is 12.8. The number of rotatable bonds is 5. The standard InChI is InChI=1S/C16H13FN2O3S/c17-14-5-7-15(8-6-14)23(21,22)19-16(20)11-13-4-2-1-3-12(13)9-10-18/h1-8H,9,11H2,(H,19,20). The highest BCUT2D eigenvalue weighted by atomic mass is 32.2. The average Bonchev–Trinajstić information content (AvgIpc) is 2.49. The van der Waals surface area contributed by atoms with Crippen LogP contribution in [0.15, 0.2) is 53.4 Å². The number of halogens is 1. The number of benzene rings is 2. The number of carbonyl (C=O) groups excluding carboxylic acids is 1. The van der Waals surface area contributed by atoms with Crippen molar-refractivity contribution >= 4 is 15.9 Å². The minimum atomic E-state index is -4.05. The summed E-state index contributed by atoms with van der Waals surface area (Å²) in [5.74, 6) is -1.29. The summed E-state index contributed by atoms with van der Waals surface area (Å²) < 4.78 is 38.9. The summed E-state index contributed by atoms with van der Waals surface area (Å²) in [6.45, 7) is 0. The van der Waals surface area contributed by atoms with E-state index < -0.39 is 21.7 Å². The van der Waals surface area contributed by atoms with Gasteiger partial charge in [0.25, 0.3) is 10.0 Å². The Morgan fingerprint density at radius 3 is 2.30 bits per heavy atom. The summed E-state index contributed by atoms with van der Waals surface area (Å²) in [6.07, 6.45) is -0.0353. The van der Waals surface area contributed by atoms with Crippen LogP contribution >= 0.6 is 0 Å². The van der Waals surface area contributed by atoms with Gasteiger partial charge < -0.3 is 0 Å². The minimum Gasteiger partial charge on any atom is -0.274 e. The summed E-state index contributed by atoms with van der Waals surface area (Å²) >= 11 is 0. The van der Waals surface area contributed by atoms with Crippen LogP contribution in [0.5, 0.6) is 0 Å². The van der Waals surface area contributed by atoms with Crippen molar-refractivity contribution in [3.8, 4) is 6.07 Å². The van der Waals surface area contributed by atoms with Crippen LogP contribution in [0.4, 0.5) is 4.39 Å². The number of carbonyl (C=O) groups is 1. The van der Waals surface area contributed by atoms with E-state index in [9.17, 15) is 17.6 Å². The van der Waals surface area contributed by atoms with E-state index in [-0.39, 0.29) is 17.7 Å². The molecule has 0 spiro atoms. The first kappa shape index (κ1) is 16.6. The fraction of sp³-hybridized carbons (Fsp3) is 0.125. The summed E-state index contributed by atoms with van der Waals surface area (Å²) in [6, 6.07) is 13.0. The lowest BCUT2D eigenvalue weighted by Gasteiger charge is -2.09. The Balaban J connectivity index is 2.13. The predicted molar refractivity (Wildman–Crippen MR) is 81.2 cm³/mol. The van der Waals surface area contributed by atoms with Crippen LogP contribution in [0.1, 0.15) is 11.1 Å². The van der Waals surface area contributed by atoms with Gasteiger partial charge in [-0.25, -0.2) is 17.5 Å².